The number of hydrogen-bond donors (Lipinski definition) is 0. The monoisotopic (exact) mass is 294 g/mol. The van der Waals surface area contributed by atoms with E-state index >= 15 is 0 Å². The molecule has 68 valence electrons. The van der Waals surface area contributed by atoms with E-state index in [2.05, 4.69) is 45.7 Å². The number of carbonyl (C=O) groups is 1. The van der Waals surface area contributed by atoms with Gasteiger partial charge in [-0.2, -0.15) is 0 Å². The number of fused-ring (bicyclic) bond motifs is 2. The largest absolute Gasteiger partial charge is 0.297 e. The molecule has 0 aromatic heterocycles. The van der Waals surface area contributed by atoms with E-state index in [9.17, 15) is 4.79 Å². The van der Waals surface area contributed by atoms with Crippen LogP contribution < -0.4 is 0 Å². The van der Waals surface area contributed by atoms with Crippen LogP contribution in [0.15, 0.2) is 0 Å². The van der Waals surface area contributed by atoms with E-state index in [1.807, 2.05) is 0 Å². The zero-order valence-corrected chi connectivity index (χ0v) is 10.4. The predicted molar refractivity (Wildman–Crippen MR) is 55.9 cm³/mol. The van der Waals surface area contributed by atoms with Gasteiger partial charge in [0, 0.05) is 0 Å². The fourth-order valence-electron chi connectivity index (χ4n) is 2.69. The second-order valence-corrected chi connectivity index (χ2v) is 6.77. The van der Waals surface area contributed by atoms with Gasteiger partial charge in [-0.3, -0.25) is 4.79 Å². The quantitative estimate of drug-likeness (QED) is 0.628. The minimum absolute atomic E-state index is 0.0839. The van der Waals surface area contributed by atoms with Crippen LogP contribution >= 0.6 is 31.9 Å². The second-order valence-electron chi connectivity index (χ2n) is 4.43. The summed E-state index contributed by atoms with van der Waals surface area (Å²) in [5, 5.41) is 0. The Morgan fingerprint density at radius 1 is 1.50 bits per heavy atom. The fourth-order valence-corrected chi connectivity index (χ4v) is 5.08. The summed E-state index contributed by atoms with van der Waals surface area (Å²) in [4.78, 5) is 11.9. The van der Waals surface area contributed by atoms with E-state index in [0.29, 0.717) is 11.7 Å². The molecule has 3 unspecified atom stereocenters. The number of alkyl halides is 2. The van der Waals surface area contributed by atoms with Crippen LogP contribution in [0.1, 0.15) is 26.7 Å². The molecule has 2 bridgehead atoms. The zero-order chi connectivity index (χ0) is 9.15. The highest BCUT2D eigenvalue weighted by Crippen LogP contribution is 2.64. The molecule has 0 N–H and O–H groups in total. The minimum Gasteiger partial charge on any atom is -0.297 e. The summed E-state index contributed by atoms with van der Waals surface area (Å²) >= 11 is 7.13. The normalized spacial score (nSPS) is 50.2. The van der Waals surface area contributed by atoms with E-state index < -0.39 is 0 Å². The Labute approximate surface area is 89.5 Å². The summed E-state index contributed by atoms with van der Waals surface area (Å²) < 4.78 is -0.237. The highest BCUT2D eigenvalue weighted by Gasteiger charge is 2.67. The van der Waals surface area contributed by atoms with Gasteiger partial charge in [-0.1, -0.05) is 45.7 Å². The lowest BCUT2D eigenvalue weighted by atomic mass is 9.82. The second kappa shape index (κ2) is 2.35. The van der Waals surface area contributed by atoms with Crippen LogP contribution in [0, 0.1) is 11.3 Å². The molecule has 0 spiro atoms. The van der Waals surface area contributed by atoms with Crippen LogP contribution in [-0.2, 0) is 4.79 Å². The van der Waals surface area contributed by atoms with Crippen molar-refractivity contribution >= 4 is 37.6 Å². The first-order valence-corrected chi connectivity index (χ1v) is 5.99. The topological polar surface area (TPSA) is 17.1 Å². The van der Waals surface area contributed by atoms with Crippen molar-refractivity contribution in [2.24, 2.45) is 11.3 Å². The number of halogens is 2. The van der Waals surface area contributed by atoms with Crippen LogP contribution in [0.2, 0.25) is 0 Å². The SMILES string of the molecule is CC1(C)C2CCC1(Br)C(=O)C2Br. The van der Waals surface area contributed by atoms with Crippen molar-refractivity contribution in [2.75, 3.05) is 0 Å². The van der Waals surface area contributed by atoms with Gasteiger partial charge < -0.3 is 0 Å². The molecule has 2 fully saturated rings. The molecule has 12 heavy (non-hydrogen) atoms. The maximum absolute atomic E-state index is 11.8. The molecule has 2 aliphatic carbocycles. The predicted octanol–water partition coefficient (Wildman–Crippen LogP) is 2.90. The first-order chi connectivity index (χ1) is 5.41. The Bertz CT molecular complexity index is 249. The van der Waals surface area contributed by atoms with Gasteiger partial charge in [0.25, 0.3) is 0 Å². The van der Waals surface area contributed by atoms with Crippen LogP contribution in [0.3, 0.4) is 0 Å². The molecule has 2 saturated carbocycles. The fraction of sp³-hybridized carbons (Fsp3) is 0.889. The third-order valence-electron chi connectivity index (χ3n) is 3.74. The summed E-state index contributed by atoms with van der Waals surface area (Å²) in [5.41, 5.74) is 0.123. The highest BCUT2D eigenvalue weighted by atomic mass is 79.9. The van der Waals surface area contributed by atoms with Crippen LogP contribution in [0.5, 0.6) is 0 Å². The standard InChI is InChI=1S/C9H12Br2O/c1-8(2)5-3-4-9(8,11)7(12)6(5)10/h5-6H,3-4H2,1-2H3. The molecular formula is C9H12Br2O. The Balaban J connectivity index is 2.50. The Morgan fingerprint density at radius 2 is 2.08 bits per heavy atom. The summed E-state index contributed by atoms with van der Waals surface area (Å²) in [6.45, 7) is 4.39. The van der Waals surface area contributed by atoms with Gasteiger partial charge in [0.1, 0.15) is 0 Å². The Hall–Kier alpha value is 0.630. The van der Waals surface area contributed by atoms with Crippen LogP contribution in [-0.4, -0.2) is 14.9 Å². The smallest absolute Gasteiger partial charge is 0.163 e. The maximum Gasteiger partial charge on any atom is 0.163 e. The lowest BCUT2D eigenvalue weighted by Crippen LogP contribution is -2.37. The van der Waals surface area contributed by atoms with Crippen molar-refractivity contribution in [2.45, 2.75) is 35.8 Å². The molecule has 0 aromatic carbocycles. The maximum atomic E-state index is 11.8. The van der Waals surface area contributed by atoms with Gasteiger partial charge in [0.05, 0.1) is 9.15 Å². The first-order valence-electron chi connectivity index (χ1n) is 4.28. The van der Waals surface area contributed by atoms with E-state index in [1.54, 1.807) is 0 Å². The molecule has 0 heterocycles. The molecule has 0 aliphatic heterocycles. The molecule has 2 rings (SSSR count). The van der Waals surface area contributed by atoms with Crippen molar-refractivity contribution in [1.82, 2.24) is 0 Å². The summed E-state index contributed by atoms with van der Waals surface area (Å²) in [7, 11) is 0. The molecular weight excluding hydrogens is 284 g/mol. The molecule has 2 aliphatic rings. The average Bonchev–Trinajstić information content (AvgIpc) is 2.26. The number of hydrogen-bond acceptors (Lipinski definition) is 1. The minimum atomic E-state index is -0.237. The molecule has 0 radical (unpaired) electrons. The van der Waals surface area contributed by atoms with Gasteiger partial charge in [-0.25, -0.2) is 0 Å². The highest BCUT2D eigenvalue weighted by molar-refractivity contribution is 9.11. The van der Waals surface area contributed by atoms with Gasteiger partial charge >= 0.3 is 0 Å². The number of ketones is 1. The molecule has 3 atom stereocenters. The number of rotatable bonds is 0. The van der Waals surface area contributed by atoms with Gasteiger partial charge in [0.2, 0.25) is 0 Å². The lowest BCUT2D eigenvalue weighted by Gasteiger charge is -2.30. The van der Waals surface area contributed by atoms with Gasteiger partial charge in [-0.05, 0) is 24.2 Å². The first kappa shape index (κ1) is 9.20. The van der Waals surface area contributed by atoms with Crippen molar-refractivity contribution in [1.29, 1.82) is 0 Å². The van der Waals surface area contributed by atoms with E-state index in [4.69, 9.17) is 0 Å². The zero-order valence-electron chi connectivity index (χ0n) is 7.23. The Kier molecular flexibility index (Phi) is 1.80. The Morgan fingerprint density at radius 3 is 2.33 bits per heavy atom. The third kappa shape index (κ3) is 0.777. The number of carbonyl (C=O) groups excluding carboxylic acids is 1. The molecule has 1 nitrogen and oxygen atoms in total. The molecule has 0 saturated heterocycles. The third-order valence-corrected chi connectivity index (χ3v) is 6.61. The van der Waals surface area contributed by atoms with E-state index in [1.165, 1.54) is 6.42 Å². The van der Waals surface area contributed by atoms with Gasteiger partial charge in [-0.15, -0.1) is 0 Å². The van der Waals surface area contributed by atoms with Crippen molar-refractivity contribution in [3.63, 3.8) is 0 Å². The van der Waals surface area contributed by atoms with Crippen molar-refractivity contribution in [3.8, 4) is 0 Å². The molecule has 0 amide bonds. The van der Waals surface area contributed by atoms with Crippen LogP contribution in [0.4, 0.5) is 0 Å². The average molecular weight is 296 g/mol. The summed E-state index contributed by atoms with van der Waals surface area (Å²) in [5.74, 6) is 0.869. The number of Topliss-reactive ketones (excluding diaryl/α,β-unsaturated/α-hetero) is 1. The lowest BCUT2D eigenvalue weighted by molar-refractivity contribution is -0.120. The van der Waals surface area contributed by atoms with E-state index in [-0.39, 0.29) is 14.6 Å². The summed E-state index contributed by atoms with van der Waals surface area (Å²) in [6.07, 6.45) is 2.17. The van der Waals surface area contributed by atoms with Crippen molar-refractivity contribution < 1.29 is 4.79 Å². The van der Waals surface area contributed by atoms with Crippen molar-refractivity contribution in [3.05, 3.63) is 0 Å². The van der Waals surface area contributed by atoms with Gasteiger partial charge in [0.15, 0.2) is 5.78 Å². The molecule has 0 aromatic rings. The molecule has 3 heteroatoms. The summed E-state index contributed by atoms with van der Waals surface area (Å²) in [6, 6.07) is 0. The van der Waals surface area contributed by atoms with Crippen LogP contribution in [0.25, 0.3) is 0 Å². The van der Waals surface area contributed by atoms with E-state index in [0.717, 1.165) is 6.42 Å².